The highest BCUT2D eigenvalue weighted by Crippen LogP contribution is 2.27. The molecule has 0 amide bonds. The maximum atomic E-state index is 11.6. The number of halogens is 1. The molecule has 0 aliphatic heterocycles. The predicted molar refractivity (Wildman–Crippen MR) is 76.0 cm³/mol. The van der Waals surface area contributed by atoms with E-state index >= 15 is 0 Å². The van der Waals surface area contributed by atoms with Gasteiger partial charge in [-0.25, -0.2) is 0 Å². The molecule has 18 heavy (non-hydrogen) atoms. The van der Waals surface area contributed by atoms with Gasteiger partial charge < -0.3 is 4.74 Å². The van der Waals surface area contributed by atoms with Crippen molar-refractivity contribution in [2.75, 3.05) is 7.11 Å². The quantitative estimate of drug-likeness (QED) is 0.841. The third-order valence-corrected chi connectivity index (χ3v) is 3.98. The minimum absolute atomic E-state index is 0.265. The van der Waals surface area contributed by atoms with E-state index in [1.807, 2.05) is 24.3 Å². The molecule has 0 atom stereocenters. The Kier molecular flexibility index (Phi) is 4.59. The van der Waals surface area contributed by atoms with Crippen molar-refractivity contribution in [1.29, 1.82) is 0 Å². The molecule has 96 valence electrons. The van der Waals surface area contributed by atoms with Crippen molar-refractivity contribution in [2.45, 2.75) is 32.1 Å². The summed E-state index contributed by atoms with van der Waals surface area (Å²) in [7, 11) is 1.67. The summed E-state index contributed by atoms with van der Waals surface area (Å²) in [6, 6.07) is 5.95. The molecule has 3 heteroatoms. The van der Waals surface area contributed by atoms with Gasteiger partial charge in [-0.15, -0.1) is 0 Å². The highest BCUT2D eigenvalue weighted by Gasteiger charge is 2.11. The molecule has 1 aromatic carbocycles. The summed E-state index contributed by atoms with van der Waals surface area (Å²) >= 11 is 3.55. The first-order valence-electron chi connectivity index (χ1n) is 6.24. The Morgan fingerprint density at radius 1 is 1.28 bits per heavy atom. The minimum Gasteiger partial charge on any atom is -0.497 e. The van der Waals surface area contributed by atoms with Gasteiger partial charge in [0.2, 0.25) is 0 Å². The van der Waals surface area contributed by atoms with E-state index in [0.717, 1.165) is 35.9 Å². The first kappa shape index (κ1) is 13.3. The summed E-state index contributed by atoms with van der Waals surface area (Å²) in [5.74, 6) is 1.12. The summed E-state index contributed by atoms with van der Waals surface area (Å²) < 4.78 is 6.31. The van der Waals surface area contributed by atoms with Crippen LogP contribution in [-0.4, -0.2) is 12.9 Å². The van der Waals surface area contributed by atoms with Crippen LogP contribution in [0.3, 0.4) is 0 Å². The van der Waals surface area contributed by atoms with Gasteiger partial charge in [-0.1, -0.05) is 21.5 Å². The lowest BCUT2D eigenvalue weighted by Crippen LogP contribution is -1.95. The largest absolute Gasteiger partial charge is 0.497 e. The summed E-state index contributed by atoms with van der Waals surface area (Å²) in [5.41, 5.74) is 2.40. The van der Waals surface area contributed by atoms with Crippen LogP contribution in [-0.2, 0) is 11.2 Å². The van der Waals surface area contributed by atoms with Gasteiger partial charge in [0.25, 0.3) is 0 Å². The number of carbonyl (C=O) groups excluding carboxylic acids is 1. The number of rotatable bonds is 3. The van der Waals surface area contributed by atoms with Gasteiger partial charge in [-0.05, 0) is 55.5 Å². The van der Waals surface area contributed by atoms with Crippen molar-refractivity contribution >= 4 is 21.7 Å². The molecule has 1 aliphatic carbocycles. The van der Waals surface area contributed by atoms with Crippen LogP contribution in [0.15, 0.2) is 34.3 Å². The Morgan fingerprint density at radius 3 is 2.83 bits per heavy atom. The van der Waals surface area contributed by atoms with Crippen molar-refractivity contribution in [3.05, 3.63) is 39.9 Å². The smallest absolute Gasteiger partial charge is 0.155 e. The molecular formula is C15H17BrO2. The monoisotopic (exact) mass is 308 g/mol. The number of allylic oxidation sites excluding steroid dienone is 2. The predicted octanol–water partition coefficient (Wildman–Crippen LogP) is 4.07. The molecule has 2 nitrogen and oxygen atoms in total. The highest BCUT2D eigenvalue weighted by molar-refractivity contribution is 9.10. The Labute approximate surface area is 116 Å². The molecule has 0 saturated heterocycles. The van der Waals surface area contributed by atoms with Crippen LogP contribution >= 0.6 is 15.9 Å². The van der Waals surface area contributed by atoms with E-state index in [-0.39, 0.29) is 5.78 Å². The average molecular weight is 309 g/mol. The van der Waals surface area contributed by atoms with Crippen LogP contribution < -0.4 is 4.74 Å². The highest BCUT2D eigenvalue weighted by atomic mass is 79.9. The molecule has 0 unspecified atom stereocenters. The van der Waals surface area contributed by atoms with Gasteiger partial charge in [0.1, 0.15) is 5.75 Å². The lowest BCUT2D eigenvalue weighted by atomic mass is 10.0. The summed E-state index contributed by atoms with van der Waals surface area (Å²) in [6.07, 6.45) is 6.50. The van der Waals surface area contributed by atoms with Crippen LogP contribution in [0, 0.1) is 0 Å². The number of hydrogen-bond acceptors (Lipinski definition) is 2. The molecule has 1 aromatic rings. The molecule has 0 radical (unpaired) electrons. The first-order valence-corrected chi connectivity index (χ1v) is 7.03. The lowest BCUT2D eigenvalue weighted by molar-refractivity contribution is -0.114. The number of hydrogen-bond donors (Lipinski definition) is 0. The second kappa shape index (κ2) is 6.19. The molecule has 0 saturated carbocycles. The molecule has 0 bridgehead atoms. The van der Waals surface area contributed by atoms with Gasteiger partial charge in [-0.3, -0.25) is 4.79 Å². The zero-order valence-electron chi connectivity index (χ0n) is 10.5. The summed E-state index contributed by atoms with van der Waals surface area (Å²) in [6.45, 7) is 0. The van der Waals surface area contributed by atoms with Gasteiger partial charge in [-0.2, -0.15) is 0 Å². The van der Waals surface area contributed by atoms with E-state index in [0.29, 0.717) is 6.42 Å². The summed E-state index contributed by atoms with van der Waals surface area (Å²) in [4.78, 5) is 11.6. The Bertz CT molecular complexity index is 477. The Balaban J connectivity index is 2.19. The maximum absolute atomic E-state index is 11.6. The van der Waals surface area contributed by atoms with Gasteiger partial charge in [0, 0.05) is 10.9 Å². The van der Waals surface area contributed by atoms with E-state index in [1.165, 1.54) is 11.1 Å². The van der Waals surface area contributed by atoms with Crippen molar-refractivity contribution in [1.82, 2.24) is 0 Å². The normalized spacial score (nSPS) is 16.1. The molecule has 0 fully saturated rings. The van der Waals surface area contributed by atoms with E-state index < -0.39 is 0 Å². The standard InChI is InChI=1S/C15H17BrO2/c1-18-14-6-7-15(16)12(10-14)8-11-4-2-3-5-13(17)9-11/h6-7,9-10H,2-5,8H2,1H3. The van der Waals surface area contributed by atoms with E-state index in [4.69, 9.17) is 4.74 Å². The number of ketones is 1. The van der Waals surface area contributed by atoms with Gasteiger partial charge in [0.05, 0.1) is 7.11 Å². The molecule has 0 spiro atoms. The fraction of sp³-hybridized carbons (Fsp3) is 0.400. The number of benzene rings is 1. The zero-order valence-corrected chi connectivity index (χ0v) is 12.1. The van der Waals surface area contributed by atoms with Crippen molar-refractivity contribution in [3.63, 3.8) is 0 Å². The lowest BCUT2D eigenvalue weighted by Gasteiger charge is -2.09. The molecule has 0 N–H and O–H groups in total. The van der Waals surface area contributed by atoms with Crippen LogP contribution in [0.25, 0.3) is 0 Å². The SMILES string of the molecule is COc1ccc(Br)c(CC2=CC(=O)CCCC2)c1. The minimum atomic E-state index is 0.265. The molecule has 0 heterocycles. The van der Waals surface area contributed by atoms with Gasteiger partial charge >= 0.3 is 0 Å². The van der Waals surface area contributed by atoms with Crippen LogP contribution in [0.5, 0.6) is 5.75 Å². The van der Waals surface area contributed by atoms with Crippen molar-refractivity contribution in [3.8, 4) is 5.75 Å². The first-order chi connectivity index (χ1) is 8.69. The molecular weight excluding hydrogens is 292 g/mol. The number of ether oxygens (including phenoxy) is 1. The topological polar surface area (TPSA) is 26.3 Å². The zero-order chi connectivity index (χ0) is 13.0. The van der Waals surface area contributed by atoms with E-state index in [2.05, 4.69) is 15.9 Å². The fourth-order valence-electron chi connectivity index (χ4n) is 2.22. The van der Waals surface area contributed by atoms with E-state index in [9.17, 15) is 4.79 Å². The molecule has 2 rings (SSSR count). The van der Waals surface area contributed by atoms with Crippen molar-refractivity contribution < 1.29 is 9.53 Å². The summed E-state index contributed by atoms with van der Waals surface area (Å²) in [5, 5.41) is 0. The van der Waals surface area contributed by atoms with Crippen molar-refractivity contribution in [2.24, 2.45) is 0 Å². The van der Waals surface area contributed by atoms with Crippen LogP contribution in [0.4, 0.5) is 0 Å². The second-order valence-corrected chi connectivity index (χ2v) is 5.46. The Hall–Kier alpha value is -1.09. The molecule has 1 aliphatic rings. The average Bonchev–Trinajstić information content (AvgIpc) is 2.56. The number of methoxy groups -OCH3 is 1. The second-order valence-electron chi connectivity index (χ2n) is 4.61. The number of carbonyl (C=O) groups is 1. The molecule has 0 aromatic heterocycles. The van der Waals surface area contributed by atoms with E-state index in [1.54, 1.807) is 7.11 Å². The third kappa shape index (κ3) is 3.45. The Morgan fingerprint density at radius 2 is 2.06 bits per heavy atom. The maximum Gasteiger partial charge on any atom is 0.155 e. The van der Waals surface area contributed by atoms with Crippen LogP contribution in [0.2, 0.25) is 0 Å². The third-order valence-electron chi connectivity index (χ3n) is 3.21. The fourth-order valence-corrected chi connectivity index (χ4v) is 2.61. The van der Waals surface area contributed by atoms with Gasteiger partial charge in [0.15, 0.2) is 5.78 Å². The van der Waals surface area contributed by atoms with Crippen LogP contribution in [0.1, 0.15) is 31.2 Å².